The quantitative estimate of drug-likeness (QED) is 0.639. The van der Waals surface area contributed by atoms with Crippen LogP contribution in [0.4, 0.5) is 22.0 Å². The van der Waals surface area contributed by atoms with Crippen LogP contribution < -0.4 is 5.73 Å². The van der Waals surface area contributed by atoms with Gasteiger partial charge in [0.15, 0.2) is 11.6 Å². The van der Waals surface area contributed by atoms with Gasteiger partial charge in [-0.05, 0) is 40.4 Å². The number of hydrogen-bond acceptors (Lipinski definition) is 1. The second-order valence-corrected chi connectivity index (χ2v) is 4.67. The third-order valence-corrected chi connectivity index (χ3v) is 3.25. The molecule has 2 N–H and O–H groups in total. The van der Waals surface area contributed by atoms with Crippen molar-refractivity contribution in [2.24, 2.45) is 5.73 Å². The molecule has 1 aromatic rings. The summed E-state index contributed by atoms with van der Waals surface area (Å²) in [5.74, 6) is -2.12. The lowest BCUT2D eigenvalue weighted by molar-refractivity contribution is -0.135. The molecule has 0 amide bonds. The summed E-state index contributed by atoms with van der Waals surface area (Å²) < 4.78 is 61.7. The molecule has 1 atom stereocenters. The molecule has 7 heteroatoms. The van der Waals surface area contributed by atoms with Crippen molar-refractivity contribution in [2.75, 3.05) is 0 Å². The van der Waals surface area contributed by atoms with Gasteiger partial charge >= 0.3 is 6.18 Å². The third kappa shape index (κ3) is 4.20. The molecule has 1 nitrogen and oxygen atoms in total. The zero-order valence-electron chi connectivity index (χ0n) is 9.20. The van der Waals surface area contributed by atoms with E-state index in [0.717, 1.165) is 6.07 Å². The van der Waals surface area contributed by atoms with E-state index in [1.165, 1.54) is 6.07 Å². The lowest BCUT2D eigenvalue weighted by Crippen LogP contribution is -2.14. The van der Waals surface area contributed by atoms with Gasteiger partial charge in [0.05, 0.1) is 4.47 Å². The van der Waals surface area contributed by atoms with Gasteiger partial charge < -0.3 is 5.73 Å². The Bertz CT molecular complexity index is 419. The van der Waals surface area contributed by atoms with E-state index in [0.29, 0.717) is 0 Å². The Morgan fingerprint density at radius 2 is 1.83 bits per heavy atom. The fraction of sp³-hybridized carbons (Fsp3) is 0.455. The lowest BCUT2D eigenvalue weighted by Gasteiger charge is -2.15. The smallest absolute Gasteiger partial charge is 0.324 e. The van der Waals surface area contributed by atoms with Crippen molar-refractivity contribution in [2.45, 2.75) is 31.5 Å². The largest absolute Gasteiger partial charge is 0.389 e. The molecular formula is C11H11BrF5N. The van der Waals surface area contributed by atoms with Crippen LogP contribution in [0.15, 0.2) is 16.6 Å². The van der Waals surface area contributed by atoms with Crippen LogP contribution in [0.5, 0.6) is 0 Å². The minimum Gasteiger partial charge on any atom is -0.324 e. The maximum Gasteiger partial charge on any atom is 0.389 e. The van der Waals surface area contributed by atoms with Gasteiger partial charge in [-0.15, -0.1) is 0 Å². The average molecular weight is 332 g/mol. The van der Waals surface area contributed by atoms with Crippen molar-refractivity contribution in [1.82, 2.24) is 0 Å². The summed E-state index contributed by atoms with van der Waals surface area (Å²) in [7, 11) is 0. The SMILES string of the molecule is NC(CCCC(F)(F)F)c1ccc(F)c(F)c1Br. The number of alkyl halides is 3. The van der Waals surface area contributed by atoms with Crippen LogP contribution in [-0.2, 0) is 0 Å². The van der Waals surface area contributed by atoms with Crippen molar-refractivity contribution < 1.29 is 22.0 Å². The second-order valence-electron chi connectivity index (χ2n) is 3.88. The van der Waals surface area contributed by atoms with Gasteiger partial charge in [0, 0.05) is 12.5 Å². The maximum absolute atomic E-state index is 13.2. The summed E-state index contributed by atoms with van der Waals surface area (Å²) in [5, 5.41) is 0. The van der Waals surface area contributed by atoms with Crippen LogP contribution in [-0.4, -0.2) is 6.18 Å². The molecule has 0 aliphatic heterocycles. The first kappa shape index (κ1) is 15.4. The van der Waals surface area contributed by atoms with Gasteiger partial charge in [-0.2, -0.15) is 13.2 Å². The Balaban J connectivity index is 2.68. The highest BCUT2D eigenvalue weighted by atomic mass is 79.9. The summed E-state index contributed by atoms with van der Waals surface area (Å²) in [4.78, 5) is 0. The van der Waals surface area contributed by atoms with Crippen molar-refractivity contribution in [1.29, 1.82) is 0 Å². The summed E-state index contributed by atoms with van der Waals surface area (Å²) >= 11 is 2.85. The molecule has 1 unspecified atom stereocenters. The number of hydrogen-bond donors (Lipinski definition) is 1. The summed E-state index contributed by atoms with van der Waals surface area (Å²) in [6.45, 7) is 0. The standard InChI is InChI=1S/C11H11BrF5N/c12-9-6(3-4-7(13)10(9)14)8(18)2-1-5-11(15,16)17/h3-4,8H,1-2,5,18H2. The molecule has 0 fully saturated rings. The summed E-state index contributed by atoms with van der Waals surface area (Å²) in [6.07, 6.45) is -5.29. The molecule has 1 rings (SSSR count). The molecule has 0 saturated carbocycles. The average Bonchev–Trinajstić information content (AvgIpc) is 2.24. The Morgan fingerprint density at radius 3 is 2.39 bits per heavy atom. The van der Waals surface area contributed by atoms with E-state index >= 15 is 0 Å². The maximum atomic E-state index is 13.2. The fourth-order valence-electron chi connectivity index (χ4n) is 1.51. The van der Waals surface area contributed by atoms with E-state index in [2.05, 4.69) is 15.9 Å². The van der Waals surface area contributed by atoms with Crippen molar-refractivity contribution in [3.05, 3.63) is 33.8 Å². The highest BCUT2D eigenvalue weighted by Crippen LogP contribution is 2.30. The predicted molar refractivity (Wildman–Crippen MR) is 60.9 cm³/mol. The van der Waals surface area contributed by atoms with Crippen LogP contribution in [0.1, 0.15) is 30.9 Å². The van der Waals surface area contributed by atoms with Gasteiger partial charge in [0.25, 0.3) is 0 Å². The van der Waals surface area contributed by atoms with E-state index in [9.17, 15) is 22.0 Å². The Hall–Kier alpha value is -0.690. The monoisotopic (exact) mass is 331 g/mol. The summed E-state index contributed by atoms with van der Waals surface area (Å²) in [5.41, 5.74) is 5.92. The molecule has 0 heterocycles. The highest BCUT2D eigenvalue weighted by Gasteiger charge is 2.27. The molecule has 0 aromatic heterocycles. The Labute approximate surface area is 109 Å². The number of benzene rings is 1. The second kappa shape index (κ2) is 5.97. The van der Waals surface area contributed by atoms with Gasteiger partial charge in [0.2, 0.25) is 0 Å². The first-order valence-electron chi connectivity index (χ1n) is 5.18. The molecule has 0 aliphatic carbocycles. The molecule has 18 heavy (non-hydrogen) atoms. The van der Waals surface area contributed by atoms with Crippen LogP contribution in [0.3, 0.4) is 0 Å². The van der Waals surface area contributed by atoms with E-state index in [1.807, 2.05) is 0 Å². The number of nitrogens with two attached hydrogens (primary N) is 1. The number of rotatable bonds is 4. The third-order valence-electron chi connectivity index (χ3n) is 2.44. The first-order valence-corrected chi connectivity index (χ1v) is 5.97. The van der Waals surface area contributed by atoms with E-state index in [4.69, 9.17) is 5.73 Å². The topological polar surface area (TPSA) is 26.0 Å². The first-order chi connectivity index (χ1) is 8.22. The molecular weight excluding hydrogens is 321 g/mol. The molecule has 0 bridgehead atoms. The minimum atomic E-state index is -4.23. The van der Waals surface area contributed by atoms with E-state index < -0.39 is 30.3 Å². The fourth-order valence-corrected chi connectivity index (χ4v) is 2.12. The molecule has 0 saturated heterocycles. The van der Waals surface area contributed by atoms with Gasteiger partial charge in [-0.1, -0.05) is 6.07 Å². The van der Waals surface area contributed by atoms with Crippen molar-refractivity contribution in [3.8, 4) is 0 Å². The van der Waals surface area contributed by atoms with Gasteiger partial charge in [-0.25, -0.2) is 8.78 Å². The molecule has 102 valence electrons. The van der Waals surface area contributed by atoms with Crippen LogP contribution in [0.25, 0.3) is 0 Å². The molecule has 0 aliphatic rings. The zero-order chi connectivity index (χ0) is 13.9. The van der Waals surface area contributed by atoms with E-state index in [1.54, 1.807) is 0 Å². The van der Waals surface area contributed by atoms with Crippen LogP contribution >= 0.6 is 15.9 Å². The minimum absolute atomic E-state index is 0.0448. The molecule has 0 radical (unpaired) electrons. The normalized spacial score (nSPS) is 13.7. The lowest BCUT2D eigenvalue weighted by atomic mass is 10.0. The van der Waals surface area contributed by atoms with Crippen LogP contribution in [0, 0.1) is 11.6 Å². The Morgan fingerprint density at radius 1 is 1.22 bits per heavy atom. The van der Waals surface area contributed by atoms with E-state index in [-0.39, 0.29) is 22.9 Å². The van der Waals surface area contributed by atoms with Gasteiger partial charge in [-0.3, -0.25) is 0 Å². The molecule has 0 spiro atoms. The summed E-state index contributed by atoms with van der Waals surface area (Å²) in [6, 6.07) is 1.40. The number of halogens is 6. The predicted octanol–water partition coefficient (Wildman–Crippen LogP) is 4.46. The zero-order valence-corrected chi connectivity index (χ0v) is 10.8. The molecule has 1 aromatic carbocycles. The Kier molecular flexibility index (Phi) is 5.10. The highest BCUT2D eigenvalue weighted by molar-refractivity contribution is 9.10. The van der Waals surface area contributed by atoms with Gasteiger partial charge in [0.1, 0.15) is 0 Å². The van der Waals surface area contributed by atoms with Crippen molar-refractivity contribution >= 4 is 15.9 Å². The van der Waals surface area contributed by atoms with Crippen molar-refractivity contribution in [3.63, 3.8) is 0 Å². The van der Waals surface area contributed by atoms with Crippen LogP contribution in [0.2, 0.25) is 0 Å².